The van der Waals surface area contributed by atoms with E-state index in [-0.39, 0.29) is 18.3 Å². The fraction of sp³-hybridized carbons (Fsp3) is 0.273. The summed E-state index contributed by atoms with van der Waals surface area (Å²) in [4.78, 5) is 25.4. The number of nitrogens with zero attached hydrogens (tertiary/aromatic N) is 1. The zero-order valence-electron chi connectivity index (χ0n) is 16.4. The summed E-state index contributed by atoms with van der Waals surface area (Å²) in [6.45, 7) is 4.00. The summed E-state index contributed by atoms with van der Waals surface area (Å²) in [5.74, 6) is -0.712. The molecule has 5 nitrogen and oxygen atoms in total. The van der Waals surface area contributed by atoms with Crippen LogP contribution in [0.25, 0.3) is 10.9 Å². The average molecular weight is 418 g/mol. The molecule has 3 rings (SSSR count). The van der Waals surface area contributed by atoms with Gasteiger partial charge in [0.05, 0.1) is 30.7 Å². The maximum absolute atomic E-state index is 13.3. The monoisotopic (exact) mass is 417 g/mol. The second-order valence-electron chi connectivity index (χ2n) is 6.61. The van der Waals surface area contributed by atoms with Crippen LogP contribution in [0.3, 0.4) is 0 Å². The van der Waals surface area contributed by atoms with Gasteiger partial charge in [-0.2, -0.15) is 0 Å². The summed E-state index contributed by atoms with van der Waals surface area (Å²) in [5, 5.41) is 1.01. The quantitative estimate of drug-likeness (QED) is 0.533. The molecule has 0 amide bonds. The van der Waals surface area contributed by atoms with E-state index < -0.39 is 5.82 Å². The molecule has 0 N–H and O–H groups in total. The SMILES string of the molecule is CCCOC(=O)Cc1c(C)n(C(=O)c2ccc(F)cc2)c2cc(Cl)c(OC)cc12. The second-order valence-corrected chi connectivity index (χ2v) is 7.02. The van der Waals surface area contributed by atoms with Gasteiger partial charge in [0.2, 0.25) is 0 Å². The number of aromatic nitrogens is 1. The fourth-order valence-corrected chi connectivity index (χ4v) is 3.49. The lowest BCUT2D eigenvalue weighted by Crippen LogP contribution is -2.15. The molecular weight excluding hydrogens is 397 g/mol. The van der Waals surface area contributed by atoms with Crippen molar-refractivity contribution in [1.82, 2.24) is 4.57 Å². The first-order chi connectivity index (χ1) is 13.9. The Balaban J connectivity index is 2.17. The van der Waals surface area contributed by atoms with E-state index in [4.69, 9.17) is 21.1 Å². The van der Waals surface area contributed by atoms with Gasteiger partial charge in [0.25, 0.3) is 5.91 Å². The van der Waals surface area contributed by atoms with Gasteiger partial charge in [-0.25, -0.2) is 4.39 Å². The van der Waals surface area contributed by atoms with Crippen LogP contribution in [0.1, 0.15) is 35.0 Å². The van der Waals surface area contributed by atoms with Crippen molar-refractivity contribution in [2.24, 2.45) is 0 Å². The summed E-state index contributed by atoms with van der Waals surface area (Å²) < 4.78 is 25.3. The van der Waals surface area contributed by atoms with Crippen molar-refractivity contribution < 1.29 is 23.5 Å². The van der Waals surface area contributed by atoms with Gasteiger partial charge in [-0.3, -0.25) is 14.2 Å². The molecule has 152 valence electrons. The van der Waals surface area contributed by atoms with Gasteiger partial charge in [-0.05, 0) is 55.3 Å². The number of hydrogen-bond acceptors (Lipinski definition) is 4. The lowest BCUT2D eigenvalue weighted by atomic mass is 10.1. The van der Waals surface area contributed by atoms with Crippen molar-refractivity contribution in [3.63, 3.8) is 0 Å². The van der Waals surface area contributed by atoms with E-state index in [1.54, 1.807) is 19.1 Å². The van der Waals surface area contributed by atoms with E-state index in [2.05, 4.69) is 0 Å². The van der Waals surface area contributed by atoms with E-state index in [1.165, 1.54) is 35.9 Å². The summed E-state index contributed by atoms with van der Waals surface area (Å²) >= 11 is 6.29. The standard InChI is InChI=1S/C22H21ClFNO4/c1-4-9-29-21(26)11-16-13(2)25(22(27)14-5-7-15(24)8-6-14)19-12-18(23)20(28-3)10-17(16)19/h5-8,10,12H,4,9,11H2,1-3H3. The molecule has 0 atom stereocenters. The van der Waals surface area contributed by atoms with Crippen LogP contribution in [0.2, 0.25) is 5.02 Å². The van der Waals surface area contributed by atoms with E-state index in [0.29, 0.717) is 45.1 Å². The zero-order valence-corrected chi connectivity index (χ0v) is 17.2. The zero-order chi connectivity index (χ0) is 21.1. The van der Waals surface area contributed by atoms with Crippen LogP contribution in [-0.2, 0) is 16.0 Å². The van der Waals surface area contributed by atoms with Gasteiger partial charge in [-0.15, -0.1) is 0 Å². The van der Waals surface area contributed by atoms with Crippen LogP contribution >= 0.6 is 11.6 Å². The van der Waals surface area contributed by atoms with Crippen LogP contribution in [0.5, 0.6) is 5.75 Å². The molecule has 0 aliphatic heterocycles. The lowest BCUT2D eigenvalue weighted by molar-refractivity contribution is -0.142. The van der Waals surface area contributed by atoms with Crippen molar-refractivity contribution in [2.45, 2.75) is 26.7 Å². The van der Waals surface area contributed by atoms with E-state index >= 15 is 0 Å². The Labute approximate surface area is 173 Å². The summed E-state index contributed by atoms with van der Waals surface area (Å²) in [7, 11) is 1.50. The molecular formula is C22H21ClFNO4. The van der Waals surface area contributed by atoms with Crippen LogP contribution in [-0.4, -0.2) is 30.2 Å². The van der Waals surface area contributed by atoms with E-state index in [9.17, 15) is 14.0 Å². The van der Waals surface area contributed by atoms with E-state index in [0.717, 1.165) is 6.42 Å². The molecule has 1 heterocycles. The van der Waals surface area contributed by atoms with Crippen LogP contribution in [0, 0.1) is 12.7 Å². The smallest absolute Gasteiger partial charge is 0.310 e. The summed E-state index contributed by atoms with van der Waals surface area (Å²) in [6.07, 6.45) is 0.732. The van der Waals surface area contributed by atoms with Crippen molar-refractivity contribution >= 4 is 34.4 Å². The Morgan fingerprint density at radius 1 is 1.17 bits per heavy atom. The molecule has 0 radical (unpaired) electrons. The summed E-state index contributed by atoms with van der Waals surface area (Å²) in [5.41, 5.74) is 2.11. The van der Waals surface area contributed by atoms with Crippen molar-refractivity contribution in [2.75, 3.05) is 13.7 Å². The van der Waals surface area contributed by atoms with Crippen molar-refractivity contribution in [3.8, 4) is 5.75 Å². The number of halogens is 2. The molecule has 7 heteroatoms. The number of rotatable bonds is 6. The summed E-state index contributed by atoms with van der Waals surface area (Å²) in [6, 6.07) is 8.64. The number of fused-ring (bicyclic) bond motifs is 1. The van der Waals surface area contributed by atoms with Gasteiger partial charge in [-0.1, -0.05) is 18.5 Å². The highest BCUT2D eigenvalue weighted by atomic mass is 35.5. The van der Waals surface area contributed by atoms with Gasteiger partial charge in [0, 0.05) is 16.6 Å². The molecule has 0 aliphatic rings. The van der Waals surface area contributed by atoms with E-state index in [1.807, 2.05) is 6.92 Å². The maximum atomic E-state index is 13.3. The molecule has 3 aromatic rings. The number of benzene rings is 2. The van der Waals surface area contributed by atoms with Crippen molar-refractivity contribution in [3.05, 3.63) is 64.1 Å². The van der Waals surface area contributed by atoms with Crippen molar-refractivity contribution in [1.29, 1.82) is 0 Å². The van der Waals surface area contributed by atoms with Gasteiger partial charge >= 0.3 is 5.97 Å². The number of carbonyl (C=O) groups excluding carboxylic acids is 2. The molecule has 0 saturated carbocycles. The first-order valence-electron chi connectivity index (χ1n) is 9.20. The largest absolute Gasteiger partial charge is 0.495 e. The highest BCUT2D eigenvalue weighted by Crippen LogP contribution is 2.35. The molecule has 0 spiro atoms. The molecule has 0 fully saturated rings. The molecule has 2 aromatic carbocycles. The number of carbonyl (C=O) groups is 2. The minimum Gasteiger partial charge on any atom is -0.495 e. The number of hydrogen-bond donors (Lipinski definition) is 0. The fourth-order valence-electron chi connectivity index (χ4n) is 3.25. The number of methoxy groups -OCH3 is 1. The Hall–Kier alpha value is -2.86. The molecule has 1 aromatic heterocycles. The first kappa shape index (κ1) is 20.9. The predicted octanol–water partition coefficient (Wildman–Crippen LogP) is 4.94. The third-order valence-electron chi connectivity index (χ3n) is 4.69. The molecule has 0 aliphatic carbocycles. The minimum atomic E-state index is -0.428. The number of ether oxygens (including phenoxy) is 2. The Morgan fingerprint density at radius 3 is 2.48 bits per heavy atom. The third-order valence-corrected chi connectivity index (χ3v) is 4.99. The normalized spacial score (nSPS) is 10.9. The lowest BCUT2D eigenvalue weighted by Gasteiger charge is -2.08. The van der Waals surface area contributed by atoms with Crippen LogP contribution in [0.4, 0.5) is 4.39 Å². The average Bonchev–Trinajstić information content (AvgIpc) is 2.96. The highest BCUT2D eigenvalue weighted by Gasteiger charge is 2.23. The molecule has 29 heavy (non-hydrogen) atoms. The number of esters is 1. The van der Waals surface area contributed by atoms with Crippen LogP contribution in [0.15, 0.2) is 36.4 Å². The Bertz CT molecular complexity index is 1070. The molecule has 0 unspecified atom stereocenters. The Morgan fingerprint density at radius 2 is 1.86 bits per heavy atom. The van der Waals surface area contributed by atoms with Gasteiger partial charge in [0.15, 0.2) is 0 Å². The molecule has 0 saturated heterocycles. The topological polar surface area (TPSA) is 57.5 Å². The maximum Gasteiger partial charge on any atom is 0.310 e. The highest BCUT2D eigenvalue weighted by molar-refractivity contribution is 6.33. The molecule has 0 bridgehead atoms. The van der Waals surface area contributed by atoms with Crippen LogP contribution < -0.4 is 4.74 Å². The third kappa shape index (κ3) is 4.12. The second kappa shape index (κ2) is 8.66. The van der Waals surface area contributed by atoms with Gasteiger partial charge in [0.1, 0.15) is 11.6 Å². The first-order valence-corrected chi connectivity index (χ1v) is 9.58. The minimum absolute atomic E-state index is 0.0107. The Kier molecular flexibility index (Phi) is 6.23. The predicted molar refractivity (Wildman–Crippen MR) is 109 cm³/mol. The van der Waals surface area contributed by atoms with Gasteiger partial charge < -0.3 is 9.47 Å².